The Kier molecular flexibility index (Phi) is 5.62. The van der Waals surface area contributed by atoms with E-state index in [1.165, 1.54) is 19.3 Å². The van der Waals surface area contributed by atoms with E-state index in [4.69, 9.17) is 5.73 Å². The first-order chi connectivity index (χ1) is 6.07. The van der Waals surface area contributed by atoms with Crippen molar-refractivity contribution in [2.75, 3.05) is 0 Å². The smallest absolute Gasteiger partial charge is 0.00671 e. The predicted molar refractivity (Wildman–Crippen MR) is 60.7 cm³/mol. The van der Waals surface area contributed by atoms with Crippen LogP contribution < -0.4 is 5.73 Å². The van der Waals surface area contributed by atoms with Crippen LogP contribution in [0.1, 0.15) is 60.3 Å². The molecule has 0 aromatic carbocycles. The van der Waals surface area contributed by atoms with E-state index in [0.29, 0.717) is 17.4 Å². The average Bonchev–Trinajstić information content (AvgIpc) is 2.20. The normalized spacial score (nSPS) is 17.1. The predicted octanol–water partition coefficient (Wildman–Crippen LogP) is 3.58. The molecular formula is C12H27N. The Morgan fingerprint density at radius 2 is 1.38 bits per heavy atom. The molecule has 0 spiro atoms. The molecule has 80 valence electrons. The van der Waals surface area contributed by atoms with E-state index in [1.54, 1.807) is 0 Å². The van der Waals surface area contributed by atoms with Crippen molar-refractivity contribution in [1.82, 2.24) is 0 Å². The SMILES string of the molecule is CCC(N)C(C)C(CC)(CC)CC. The number of nitrogens with two attached hydrogens (primary N) is 1. The first-order valence-electron chi connectivity index (χ1n) is 5.83. The van der Waals surface area contributed by atoms with E-state index in [2.05, 4.69) is 34.6 Å². The van der Waals surface area contributed by atoms with E-state index >= 15 is 0 Å². The van der Waals surface area contributed by atoms with Gasteiger partial charge in [0.25, 0.3) is 0 Å². The Balaban J connectivity index is 4.52. The fraction of sp³-hybridized carbons (Fsp3) is 1.00. The summed E-state index contributed by atoms with van der Waals surface area (Å²) in [5, 5.41) is 0. The van der Waals surface area contributed by atoms with Crippen LogP contribution in [-0.2, 0) is 0 Å². The summed E-state index contributed by atoms with van der Waals surface area (Å²) in [6.07, 6.45) is 4.88. The van der Waals surface area contributed by atoms with Crippen molar-refractivity contribution >= 4 is 0 Å². The molecule has 0 saturated heterocycles. The van der Waals surface area contributed by atoms with Gasteiger partial charge in [0.15, 0.2) is 0 Å². The highest BCUT2D eigenvalue weighted by Crippen LogP contribution is 2.40. The highest BCUT2D eigenvalue weighted by atomic mass is 14.7. The molecule has 0 aliphatic carbocycles. The van der Waals surface area contributed by atoms with Crippen LogP contribution >= 0.6 is 0 Å². The van der Waals surface area contributed by atoms with E-state index in [9.17, 15) is 0 Å². The molecule has 2 unspecified atom stereocenters. The molecule has 0 aliphatic heterocycles. The van der Waals surface area contributed by atoms with E-state index < -0.39 is 0 Å². The Morgan fingerprint density at radius 3 is 1.62 bits per heavy atom. The molecule has 1 nitrogen and oxygen atoms in total. The molecule has 1 heteroatoms. The second-order valence-corrected chi connectivity index (χ2v) is 4.28. The number of hydrogen-bond donors (Lipinski definition) is 1. The molecule has 0 saturated carbocycles. The minimum atomic E-state index is 0.375. The molecule has 0 aromatic rings. The van der Waals surface area contributed by atoms with Crippen LogP contribution in [0.15, 0.2) is 0 Å². The second kappa shape index (κ2) is 5.64. The van der Waals surface area contributed by atoms with Crippen LogP contribution in [0.5, 0.6) is 0 Å². The van der Waals surface area contributed by atoms with Gasteiger partial charge in [-0.1, -0.05) is 53.9 Å². The summed E-state index contributed by atoms with van der Waals surface area (Å²) in [4.78, 5) is 0. The zero-order valence-electron chi connectivity index (χ0n) is 10.1. The maximum atomic E-state index is 6.13. The third kappa shape index (κ3) is 2.70. The van der Waals surface area contributed by atoms with Crippen molar-refractivity contribution in [3.8, 4) is 0 Å². The van der Waals surface area contributed by atoms with Crippen molar-refractivity contribution in [1.29, 1.82) is 0 Å². The van der Waals surface area contributed by atoms with Gasteiger partial charge in [0.1, 0.15) is 0 Å². The molecule has 0 amide bonds. The lowest BCUT2D eigenvalue weighted by Gasteiger charge is -2.40. The molecular weight excluding hydrogens is 158 g/mol. The standard InChI is InChI=1S/C12H27N/c1-6-11(13)10(5)12(7-2,8-3)9-4/h10-11H,6-9,13H2,1-5H3. The third-order valence-electron chi connectivity index (χ3n) is 4.19. The molecule has 0 radical (unpaired) electrons. The van der Waals surface area contributed by atoms with Crippen molar-refractivity contribution in [3.05, 3.63) is 0 Å². The summed E-state index contributed by atoms with van der Waals surface area (Å²) in [6, 6.07) is 0.375. The lowest BCUT2D eigenvalue weighted by molar-refractivity contribution is 0.123. The highest BCUT2D eigenvalue weighted by molar-refractivity contribution is 4.86. The van der Waals surface area contributed by atoms with Crippen LogP contribution in [0.3, 0.4) is 0 Å². The van der Waals surface area contributed by atoms with Gasteiger partial charge >= 0.3 is 0 Å². The summed E-state index contributed by atoms with van der Waals surface area (Å²) in [5.74, 6) is 0.650. The lowest BCUT2D eigenvalue weighted by Crippen LogP contribution is -2.39. The summed E-state index contributed by atoms with van der Waals surface area (Å²) in [7, 11) is 0. The Hall–Kier alpha value is -0.0400. The third-order valence-corrected chi connectivity index (χ3v) is 4.19. The van der Waals surface area contributed by atoms with Gasteiger partial charge in [-0.25, -0.2) is 0 Å². The van der Waals surface area contributed by atoms with Crippen LogP contribution in [0.25, 0.3) is 0 Å². The van der Waals surface area contributed by atoms with Gasteiger partial charge in [-0.2, -0.15) is 0 Å². The summed E-state index contributed by atoms with van der Waals surface area (Å²) in [6.45, 7) is 11.4. The first kappa shape index (κ1) is 13.0. The van der Waals surface area contributed by atoms with E-state index in [0.717, 1.165) is 6.42 Å². The maximum Gasteiger partial charge on any atom is 0.00671 e. The van der Waals surface area contributed by atoms with Crippen LogP contribution in [0.4, 0.5) is 0 Å². The molecule has 13 heavy (non-hydrogen) atoms. The van der Waals surface area contributed by atoms with Crippen LogP contribution in [0.2, 0.25) is 0 Å². The Bertz CT molecular complexity index is 119. The van der Waals surface area contributed by atoms with E-state index in [1.807, 2.05) is 0 Å². The van der Waals surface area contributed by atoms with Gasteiger partial charge in [0, 0.05) is 6.04 Å². The largest absolute Gasteiger partial charge is 0.327 e. The second-order valence-electron chi connectivity index (χ2n) is 4.28. The minimum absolute atomic E-state index is 0.375. The van der Waals surface area contributed by atoms with Crippen LogP contribution in [0, 0.1) is 11.3 Å². The zero-order chi connectivity index (χ0) is 10.5. The van der Waals surface area contributed by atoms with Crippen molar-refractivity contribution < 1.29 is 0 Å². The van der Waals surface area contributed by atoms with Gasteiger partial charge in [0.05, 0.1) is 0 Å². The van der Waals surface area contributed by atoms with Crippen molar-refractivity contribution in [2.24, 2.45) is 17.1 Å². The molecule has 0 aliphatic rings. The summed E-state index contributed by atoms with van der Waals surface area (Å²) < 4.78 is 0. The highest BCUT2D eigenvalue weighted by Gasteiger charge is 2.33. The van der Waals surface area contributed by atoms with Gasteiger partial charge in [-0.3, -0.25) is 0 Å². The maximum absolute atomic E-state index is 6.13. The minimum Gasteiger partial charge on any atom is -0.327 e. The molecule has 2 atom stereocenters. The zero-order valence-corrected chi connectivity index (χ0v) is 10.1. The molecule has 0 bridgehead atoms. The first-order valence-corrected chi connectivity index (χ1v) is 5.83. The van der Waals surface area contributed by atoms with Gasteiger partial charge in [0.2, 0.25) is 0 Å². The summed E-state index contributed by atoms with van der Waals surface area (Å²) >= 11 is 0. The Morgan fingerprint density at radius 1 is 1.00 bits per heavy atom. The fourth-order valence-electron chi connectivity index (χ4n) is 2.52. The molecule has 0 fully saturated rings. The lowest BCUT2D eigenvalue weighted by atomic mass is 9.67. The topological polar surface area (TPSA) is 26.0 Å². The fourth-order valence-corrected chi connectivity index (χ4v) is 2.52. The average molecular weight is 185 g/mol. The van der Waals surface area contributed by atoms with Gasteiger partial charge in [-0.05, 0) is 17.8 Å². The number of rotatable bonds is 6. The summed E-state index contributed by atoms with van der Waals surface area (Å²) in [5.41, 5.74) is 6.61. The van der Waals surface area contributed by atoms with Gasteiger partial charge in [-0.15, -0.1) is 0 Å². The Labute approximate surface area is 84.1 Å². The van der Waals surface area contributed by atoms with Crippen LogP contribution in [-0.4, -0.2) is 6.04 Å². The van der Waals surface area contributed by atoms with Crippen molar-refractivity contribution in [2.45, 2.75) is 66.3 Å². The quantitative estimate of drug-likeness (QED) is 0.672. The van der Waals surface area contributed by atoms with Crippen molar-refractivity contribution in [3.63, 3.8) is 0 Å². The molecule has 0 rings (SSSR count). The molecule has 2 N–H and O–H groups in total. The molecule has 0 heterocycles. The van der Waals surface area contributed by atoms with E-state index in [-0.39, 0.29) is 0 Å². The monoisotopic (exact) mass is 185 g/mol. The number of hydrogen-bond acceptors (Lipinski definition) is 1. The van der Waals surface area contributed by atoms with Gasteiger partial charge < -0.3 is 5.73 Å². The molecule has 0 aromatic heterocycles.